The van der Waals surface area contributed by atoms with E-state index in [-0.39, 0.29) is 11.3 Å². The second-order valence-corrected chi connectivity index (χ2v) is 2.90. The normalized spacial score (nSPS) is 9.24. The highest BCUT2D eigenvalue weighted by molar-refractivity contribution is 6.35. The van der Waals surface area contributed by atoms with Crippen LogP contribution < -0.4 is 22.1 Å². The summed E-state index contributed by atoms with van der Waals surface area (Å²) in [6, 6.07) is 5.72. The summed E-state index contributed by atoms with van der Waals surface area (Å²) >= 11 is 0. The number of hydrogen-bond acceptors (Lipinski definition) is 5. The van der Waals surface area contributed by atoms with Gasteiger partial charge in [-0.1, -0.05) is 12.1 Å². The van der Waals surface area contributed by atoms with Crippen LogP contribution in [0, 0.1) is 0 Å². The molecule has 0 aromatic heterocycles. The molecule has 8 heteroatoms. The second kappa shape index (κ2) is 5.47. The van der Waals surface area contributed by atoms with Crippen LogP contribution in [0.5, 0.6) is 5.75 Å². The Morgan fingerprint density at radius 3 is 2.29 bits per heavy atom. The standard InChI is InChI=1S/C9H10N4O4/c10-11-8(16)9(17)13-12-7(15)5-3-1-2-4-6(5)14/h1-4,14H,10H2,(H,11,16)(H,12,15)(H,13,17). The number of benzene rings is 1. The molecule has 0 saturated carbocycles. The number of phenols is 1. The maximum Gasteiger partial charge on any atom is 0.329 e. The highest BCUT2D eigenvalue weighted by Crippen LogP contribution is 2.14. The lowest BCUT2D eigenvalue weighted by molar-refractivity contribution is -0.139. The zero-order chi connectivity index (χ0) is 12.8. The Morgan fingerprint density at radius 1 is 1.06 bits per heavy atom. The Kier molecular flexibility index (Phi) is 4.01. The first-order valence-electron chi connectivity index (χ1n) is 4.45. The highest BCUT2D eigenvalue weighted by Gasteiger charge is 2.14. The van der Waals surface area contributed by atoms with E-state index in [1.807, 2.05) is 10.9 Å². The van der Waals surface area contributed by atoms with Crippen LogP contribution in [0.25, 0.3) is 0 Å². The van der Waals surface area contributed by atoms with Gasteiger partial charge in [-0.15, -0.1) is 0 Å². The molecule has 0 unspecified atom stereocenters. The SMILES string of the molecule is NNC(=O)C(=O)NNC(=O)c1ccccc1O. The van der Waals surface area contributed by atoms with Crippen molar-refractivity contribution >= 4 is 17.7 Å². The van der Waals surface area contributed by atoms with E-state index in [2.05, 4.69) is 0 Å². The Balaban J connectivity index is 2.60. The monoisotopic (exact) mass is 238 g/mol. The summed E-state index contributed by atoms with van der Waals surface area (Å²) < 4.78 is 0. The van der Waals surface area contributed by atoms with Crippen molar-refractivity contribution in [3.63, 3.8) is 0 Å². The van der Waals surface area contributed by atoms with E-state index in [0.717, 1.165) is 0 Å². The Morgan fingerprint density at radius 2 is 1.71 bits per heavy atom. The topological polar surface area (TPSA) is 134 Å². The van der Waals surface area contributed by atoms with Gasteiger partial charge >= 0.3 is 11.8 Å². The van der Waals surface area contributed by atoms with Gasteiger partial charge in [0.25, 0.3) is 5.91 Å². The molecular weight excluding hydrogens is 228 g/mol. The molecule has 1 aromatic rings. The fraction of sp³-hybridized carbons (Fsp3) is 0. The second-order valence-electron chi connectivity index (χ2n) is 2.90. The molecule has 0 bridgehead atoms. The van der Waals surface area contributed by atoms with Crippen molar-refractivity contribution in [3.05, 3.63) is 29.8 Å². The van der Waals surface area contributed by atoms with E-state index in [1.54, 1.807) is 5.43 Å². The number of para-hydroxylation sites is 1. The fourth-order valence-electron chi connectivity index (χ4n) is 0.969. The van der Waals surface area contributed by atoms with Gasteiger partial charge in [0, 0.05) is 0 Å². The van der Waals surface area contributed by atoms with Gasteiger partial charge in [0.2, 0.25) is 0 Å². The average Bonchev–Trinajstić information content (AvgIpc) is 2.35. The molecule has 0 heterocycles. The molecule has 0 aliphatic rings. The van der Waals surface area contributed by atoms with Gasteiger partial charge in [0.05, 0.1) is 5.56 Å². The Hall–Kier alpha value is -2.61. The zero-order valence-corrected chi connectivity index (χ0v) is 8.56. The van der Waals surface area contributed by atoms with E-state index in [1.165, 1.54) is 24.3 Å². The Bertz CT molecular complexity index is 460. The highest BCUT2D eigenvalue weighted by atomic mass is 16.3. The number of phenolic OH excluding ortho intramolecular Hbond substituents is 1. The summed E-state index contributed by atoms with van der Waals surface area (Å²) in [6.45, 7) is 0. The van der Waals surface area contributed by atoms with E-state index in [9.17, 15) is 19.5 Å². The van der Waals surface area contributed by atoms with Crippen molar-refractivity contribution in [2.24, 2.45) is 5.84 Å². The van der Waals surface area contributed by atoms with Crippen LogP contribution in [0.15, 0.2) is 24.3 Å². The molecular formula is C9H10N4O4. The van der Waals surface area contributed by atoms with Crippen LogP contribution in [-0.4, -0.2) is 22.8 Å². The number of rotatable bonds is 1. The molecule has 0 saturated heterocycles. The van der Waals surface area contributed by atoms with Gasteiger partial charge < -0.3 is 5.11 Å². The lowest BCUT2D eigenvalue weighted by Gasteiger charge is -2.07. The van der Waals surface area contributed by atoms with Crippen molar-refractivity contribution in [2.45, 2.75) is 0 Å². The molecule has 6 N–H and O–H groups in total. The molecule has 17 heavy (non-hydrogen) atoms. The van der Waals surface area contributed by atoms with E-state index in [4.69, 9.17) is 5.84 Å². The maximum absolute atomic E-state index is 11.4. The van der Waals surface area contributed by atoms with E-state index in [0.29, 0.717) is 0 Å². The average molecular weight is 238 g/mol. The zero-order valence-electron chi connectivity index (χ0n) is 8.56. The first kappa shape index (κ1) is 12.5. The molecule has 0 atom stereocenters. The number of carbonyl (C=O) groups is 3. The van der Waals surface area contributed by atoms with Gasteiger partial charge in [-0.05, 0) is 12.1 Å². The summed E-state index contributed by atoms with van der Waals surface area (Å²) in [5.41, 5.74) is 5.30. The minimum Gasteiger partial charge on any atom is -0.507 e. The minimum atomic E-state index is -1.13. The van der Waals surface area contributed by atoms with Crippen molar-refractivity contribution < 1.29 is 19.5 Å². The first-order chi connectivity index (χ1) is 8.06. The number of amides is 3. The summed E-state index contributed by atoms with van der Waals surface area (Å²) in [7, 11) is 0. The number of nitrogens with two attached hydrogens (primary N) is 1. The van der Waals surface area contributed by atoms with Crippen molar-refractivity contribution in [1.29, 1.82) is 0 Å². The number of carbonyl (C=O) groups excluding carboxylic acids is 3. The van der Waals surface area contributed by atoms with Gasteiger partial charge in [-0.3, -0.25) is 30.7 Å². The molecule has 90 valence electrons. The summed E-state index contributed by atoms with van der Waals surface area (Å²) in [5.74, 6) is 1.45. The number of hydrazine groups is 2. The van der Waals surface area contributed by atoms with Crippen molar-refractivity contribution in [3.8, 4) is 5.75 Å². The van der Waals surface area contributed by atoms with Crippen molar-refractivity contribution in [1.82, 2.24) is 16.3 Å². The number of nitrogens with one attached hydrogen (secondary N) is 3. The lowest BCUT2D eigenvalue weighted by Crippen LogP contribution is -2.50. The third kappa shape index (κ3) is 3.18. The summed E-state index contributed by atoms with van der Waals surface area (Å²) in [5, 5.41) is 9.33. The largest absolute Gasteiger partial charge is 0.507 e. The molecule has 0 fully saturated rings. The Labute approximate surface area is 95.7 Å². The molecule has 0 spiro atoms. The van der Waals surface area contributed by atoms with Crippen LogP contribution >= 0.6 is 0 Å². The smallest absolute Gasteiger partial charge is 0.329 e. The number of aromatic hydroxyl groups is 1. The maximum atomic E-state index is 11.4. The quantitative estimate of drug-likeness (QED) is 0.169. The molecule has 0 radical (unpaired) electrons. The van der Waals surface area contributed by atoms with E-state index < -0.39 is 17.7 Å². The summed E-state index contributed by atoms with van der Waals surface area (Å²) in [4.78, 5) is 33.0. The molecule has 8 nitrogen and oxygen atoms in total. The third-order valence-corrected chi connectivity index (χ3v) is 1.78. The van der Waals surface area contributed by atoms with Gasteiger partial charge in [0.15, 0.2) is 0 Å². The third-order valence-electron chi connectivity index (χ3n) is 1.78. The van der Waals surface area contributed by atoms with E-state index >= 15 is 0 Å². The van der Waals surface area contributed by atoms with Crippen LogP contribution in [-0.2, 0) is 9.59 Å². The molecule has 1 rings (SSSR count). The van der Waals surface area contributed by atoms with Crippen molar-refractivity contribution in [2.75, 3.05) is 0 Å². The van der Waals surface area contributed by atoms with Gasteiger partial charge in [0.1, 0.15) is 5.75 Å². The number of hydrogen-bond donors (Lipinski definition) is 5. The van der Waals surface area contributed by atoms with Gasteiger partial charge in [-0.25, -0.2) is 5.84 Å². The molecule has 1 aromatic carbocycles. The van der Waals surface area contributed by atoms with Crippen LogP contribution in [0.2, 0.25) is 0 Å². The lowest BCUT2D eigenvalue weighted by atomic mass is 10.2. The van der Waals surface area contributed by atoms with Crippen LogP contribution in [0.3, 0.4) is 0 Å². The van der Waals surface area contributed by atoms with Crippen LogP contribution in [0.1, 0.15) is 10.4 Å². The predicted octanol–water partition coefficient (Wildman–Crippen LogP) is -1.86. The molecule has 0 aliphatic carbocycles. The predicted molar refractivity (Wildman–Crippen MR) is 56.0 cm³/mol. The molecule has 0 aliphatic heterocycles. The first-order valence-corrected chi connectivity index (χ1v) is 4.45. The molecule has 3 amide bonds. The van der Waals surface area contributed by atoms with Crippen LogP contribution in [0.4, 0.5) is 0 Å². The van der Waals surface area contributed by atoms with Gasteiger partial charge in [-0.2, -0.15) is 0 Å². The minimum absolute atomic E-state index is 0.0408. The summed E-state index contributed by atoms with van der Waals surface area (Å²) in [6.07, 6.45) is 0. The fourth-order valence-corrected chi connectivity index (χ4v) is 0.969.